The standard InChI is InChI=1S/C11H13N.C2H6/c1-3-9-7-5-6-8-10(9)11(12)4-2;1-2/h3-8H,1,12H2,2H3;1-2H3/b11-4+;. The minimum absolute atomic E-state index is 0.797. The lowest BCUT2D eigenvalue weighted by Crippen LogP contribution is -1.97. The van der Waals surface area contributed by atoms with Crippen LogP contribution in [0, 0.1) is 0 Å². The first-order valence-electron chi connectivity index (χ1n) is 4.93. The molecule has 1 nitrogen and oxygen atoms in total. The first kappa shape index (κ1) is 12.5. The average Bonchev–Trinajstić information content (AvgIpc) is 2.30. The Morgan fingerprint density at radius 1 is 1.29 bits per heavy atom. The first-order valence-corrected chi connectivity index (χ1v) is 4.93. The Morgan fingerprint density at radius 3 is 2.36 bits per heavy atom. The van der Waals surface area contributed by atoms with Crippen LogP contribution in [0.3, 0.4) is 0 Å². The van der Waals surface area contributed by atoms with Crippen LogP contribution >= 0.6 is 0 Å². The van der Waals surface area contributed by atoms with Crippen LogP contribution in [0.2, 0.25) is 0 Å². The Balaban J connectivity index is 0.000000791. The lowest BCUT2D eigenvalue weighted by atomic mass is 10.1. The van der Waals surface area contributed by atoms with E-state index in [-0.39, 0.29) is 0 Å². The van der Waals surface area contributed by atoms with Crippen molar-refractivity contribution in [2.75, 3.05) is 0 Å². The molecule has 0 aromatic heterocycles. The fraction of sp³-hybridized carbons (Fsp3) is 0.231. The summed E-state index contributed by atoms with van der Waals surface area (Å²) in [5.41, 5.74) is 8.71. The van der Waals surface area contributed by atoms with E-state index >= 15 is 0 Å². The van der Waals surface area contributed by atoms with Gasteiger partial charge in [0.25, 0.3) is 0 Å². The number of allylic oxidation sites excluding steroid dienone is 1. The summed E-state index contributed by atoms with van der Waals surface area (Å²) in [6.07, 6.45) is 3.70. The van der Waals surface area contributed by atoms with Crippen LogP contribution in [0.4, 0.5) is 0 Å². The second-order valence-electron chi connectivity index (χ2n) is 2.54. The lowest BCUT2D eigenvalue weighted by Gasteiger charge is -2.04. The highest BCUT2D eigenvalue weighted by Crippen LogP contribution is 2.15. The van der Waals surface area contributed by atoms with Crippen molar-refractivity contribution in [2.24, 2.45) is 5.73 Å². The molecule has 0 saturated carbocycles. The van der Waals surface area contributed by atoms with E-state index in [9.17, 15) is 0 Å². The number of hydrogen-bond acceptors (Lipinski definition) is 1. The van der Waals surface area contributed by atoms with Gasteiger partial charge >= 0.3 is 0 Å². The van der Waals surface area contributed by atoms with Crippen LogP contribution in [0.25, 0.3) is 11.8 Å². The van der Waals surface area contributed by atoms with Crippen LogP contribution in [-0.2, 0) is 0 Å². The zero-order valence-corrected chi connectivity index (χ0v) is 9.25. The summed E-state index contributed by atoms with van der Waals surface area (Å²) in [4.78, 5) is 0. The molecule has 0 aliphatic carbocycles. The number of rotatable bonds is 2. The Bertz CT molecular complexity index is 311. The summed E-state index contributed by atoms with van der Waals surface area (Å²) >= 11 is 0. The Labute approximate surface area is 87.0 Å². The predicted molar refractivity (Wildman–Crippen MR) is 65.7 cm³/mol. The van der Waals surface area contributed by atoms with Gasteiger partial charge in [-0.2, -0.15) is 0 Å². The van der Waals surface area contributed by atoms with E-state index in [1.807, 2.05) is 57.2 Å². The molecule has 0 saturated heterocycles. The molecule has 14 heavy (non-hydrogen) atoms. The van der Waals surface area contributed by atoms with Gasteiger partial charge in [-0.25, -0.2) is 0 Å². The van der Waals surface area contributed by atoms with Crippen LogP contribution in [0.15, 0.2) is 36.9 Å². The highest BCUT2D eigenvalue weighted by atomic mass is 14.6. The maximum atomic E-state index is 5.78. The third-order valence-electron chi connectivity index (χ3n) is 1.80. The molecule has 76 valence electrons. The van der Waals surface area contributed by atoms with Gasteiger partial charge in [0.15, 0.2) is 0 Å². The third-order valence-corrected chi connectivity index (χ3v) is 1.80. The van der Waals surface area contributed by atoms with Gasteiger partial charge in [0, 0.05) is 11.3 Å². The first-order chi connectivity index (χ1) is 6.79. The fourth-order valence-corrected chi connectivity index (χ4v) is 1.09. The van der Waals surface area contributed by atoms with Gasteiger partial charge in [-0.1, -0.05) is 56.8 Å². The lowest BCUT2D eigenvalue weighted by molar-refractivity contribution is 1.47. The zero-order valence-electron chi connectivity index (χ0n) is 9.25. The molecular weight excluding hydrogens is 170 g/mol. The summed E-state index contributed by atoms with van der Waals surface area (Å²) in [5, 5.41) is 0. The molecule has 0 aliphatic heterocycles. The molecule has 0 radical (unpaired) electrons. The normalized spacial score (nSPS) is 10.1. The van der Waals surface area contributed by atoms with Crippen molar-refractivity contribution in [2.45, 2.75) is 20.8 Å². The zero-order chi connectivity index (χ0) is 11.0. The third kappa shape index (κ3) is 3.09. The molecular formula is C13H19N. The van der Waals surface area contributed by atoms with Crippen molar-refractivity contribution >= 4 is 11.8 Å². The predicted octanol–water partition coefficient (Wildman–Crippen LogP) is 3.68. The molecule has 0 fully saturated rings. The van der Waals surface area contributed by atoms with Gasteiger partial charge in [-0.15, -0.1) is 0 Å². The largest absolute Gasteiger partial charge is 0.398 e. The molecule has 0 unspecified atom stereocenters. The van der Waals surface area contributed by atoms with Crippen LogP contribution in [0.5, 0.6) is 0 Å². The van der Waals surface area contributed by atoms with Gasteiger partial charge in [-0.05, 0) is 12.5 Å². The molecule has 0 heterocycles. The maximum absolute atomic E-state index is 5.78. The number of nitrogens with two attached hydrogens (primary N) is 1. The molecule has 1 aromatic rings. The van der Waals surface area contributed by atoms with Gasteiger partial charge in [-0.3, -0.25) is 0 Å². The topological polar surface area (TPSA) is 26.0 Å². The van der Waals surface area contributed by atoms with E-state index in [0.29, 0.717) is 0 Å². The molecule has 0 spiro atoms. The summed E-state index contributed by atoms with van der Waals surface area (Å²) < 4.78 is 0. The molecule has 0 aliphatic rings. The molecule has 2 N–H and O–H groups in total. The van der Waals surface area contributed by atoms with E-state index in [0.717, 1.165) is 16.8 Å². The van der Waals surface area contributed by atoms with Gasteiger partial charge < -0.3 is 5.73 Å². The van der Waals surface area contributed by atoms with E-state index in [1.165, 1.54) is 0 Å². The molecule has 1 rings (SSSR count). The number of hydrogen-bond donors (Lipinski definition) is 1. The minimum Gasteiger partial charge on any atom is -0.398 e. The van der Waals surface area contributed by atoms with Crippen LogP contribution in [-0.4, -0.2) is 0 Å². The monoisotopic (exact) mass is 189 g/mol. The van der Waals surface area contributed by atoms with Crippen molar-refractivity contribution in [1.82, 2.24) is 0 Å². The number of benzene rings is 1. The van der Waals surface area contributed by atoms with Gasteiger partial charge in [0.05, 0.1) is 0 Å². The summed E-state index contributed by atoms with van der Waals surface area (Å²) in [6, 6.07) is 7.94. The van der Waals surface area contributed by atoms with E-state index < -0.39 is 0 Å². The molecule has 1 heteroatoms. The van der Waals surface area contributed by atoms with Crippen molar-refractivity contribution in [1.29, 1.82) is 0 Å². The van der Waals surface area contributed by atoms with Crippen LogP contribution < -0.4 is 5.73 Å². The highest BCUT2D eigenvalue weighted by Gasteiger charge is 1.98. The van der Waals surface area contributed by atoms with Crippen LogP contribution in [0.1, 0.15) is 31.9 Å². The van der Waals surface area contributed by atoms with Gasteiger partial charge in [0.2, 0.25) is 0 Å². The molecule has 0 amide bonds. The maximum Gasteiger partial charge on any atom is 0.0350 e. The van der Waals surface area contributed by atoms with Crippen molar-refractivity contribution in [3.05, 3.63) is 48.0 Å². The van der Waals surface area contributed by atoms with Crippen molar-refractivity contribution in [3.8, 4) is 0 Å². The summed E-state index contributed by atoms with van der Waals surface area (Å²) in [7, 11) is 0. The second-order valence-corrected chi connectivity index (χ2v) is 2.54. The fourth-order valence-electron chi connectivity index (χ4n) is 1.09. The SMILES string of the molecule is C=Cc1ccccc1/C(N)=C\C.CC. The van der Waals surface area contributed by atoms with Gasteiger partial charge in [0.1, 0.15) is 0 Å². The van der Waals surface area contributed by atoms with E-state index in [1.54, 1.807) is 0 Å². The Hall–Kier alpha value is -1.50. The van der Waals surface area contributed by atoms with E-state index in [4.69, 9.17) is 5.73 Å². The van der Waals surface area contributed by atoms with Crippen molar-refractivity contribution in [3.63, 3.8) is 0 Å². The minimum atomic E-state index is 0.797. The smallest absolute Gasteiger partial charge is 0.0350 e. The highest BCUT2D eigenvalue weighted by molar-refractivity contribution is 5.71. The molecule has 0 bridgehead atoms. The summed E-state index contributed by atoms with van der Waals surface area (Å²) in [6.45, 7) is 9.65. The second kappa shape index (κ2) is 6.96. The Kier molecular flexibility index (Phi) is 6.21. The quantitative estimate of drug-likeness (QED) is 0.754. The average molecular weight is 189 g/mol. The Morgan fingerprint density at radius 2 is 1.86 bits per heavy atom. The van der Waals surface area contributed by atoms with E-state index in [2.05, 4.69) is 6.58 Å². The summed E-state index contributed by atoms with van der Waals surface area (Å²) in [5.74, 6) is 0. The van der Waals surface area contributed by atoms with Crippen molar-refractivity contribution < 1.29 is 0 Å². The molecule has 1 aromatic carbocycles. The molecule has 0 atom stereocenters.